The van der Waals surface area contributed by atoms with Crippen LogP contribution in [0.15, 0.2) is 0 Å². The van der Waals surface area contributed by atoms with Gasteiger partial charge in [-0.3, -0.25) is 11.1 Å². The number of hydrogen-bond acceptors (Lipinski definition) is 1. The molecular formula is C5H13N2S+. The monoisotopic (exact) mass is 133 g/mol. The van der Waals surface area contributed by atoms with E-state index in [4.69, 9.17) is 11.1 Å². The summed E-state index contributed by atoms with van der Waals surface area (Å²) in [6.45, 7) is 4.27. The summed E-state index contributed by atoms with van der Waals surface area (Å²) in [5.41, 5.74) is 5.20. The van der Waals surface area contributed by atoms with Gasteiger partial charge in [-0.2, -0.15) is 0 Å². The summed E-state index contributed by atoms with van der Waals surface area (Å²) in [6.07, 6.45) is 0. The lowest BCUT2D eigenvalue weighted by Gasteiger charge is -1.96. The highest BCUT2D eigenvalue weighted by molar-refractivity contribution is 8.13. The first kappa shape index (κ1) is 7.82. The maximum absolute atomic E-state index is 5.20. The number of hydrogen-bond donors (Lipinski definition) is 2. The topological polar surface area (TPSA) is 51.6 Å². The van der Waals surface area contributed by atoms with Gasteiger partial charge in [0, 0.05) is 5.75 Å². The highest BCUT2D eigenvalue weighted by atomic mass is 32.2. The molecule has 0 rings (SSSR count). The molecule has 0 aliphatic carbocycles. The third-order valence-corrected chi connectivity index (χ3v) is 1.75. The van der Waals surface area contributed by atoms with Crippen molar-refractivity contribution in [2.24, 2.45) is 11.7 Å². The first-order valence-electron chi connectivity index (χ1n) is 2.63. The second kappa shape index (κ2) is 3.78. The molecule has 0 radical (unpaired) electrons. The van der Waals surface area contributed by atoms with E-state index >= 15 is 0 Å². The van der Waals surface area contributed by atoms with E-state index in [1.54, 1.807) is 0 Å². The fraction of sp³-hybridized carbons (Fsp3) is 0.800. The van der Waals surface area contributed by atoms with Crippen LogP contribution in [-0.2, 0) is 0 Å². The number of nitrogens with two attached hydrogens (primary N) is 2. The van der Waals surface area contributed by atoms with Crippen LogP contribution in [0.1, 0.15) is 13.8 Å². The Morgan fingerprint density at radius 2 is 2.25 bits per heavy atom. The molecule has 4 N–H and O–H groups in total. The lowest BCUT2D eigenvalue weighted by molar-refractivity contribution is -0.110. The van der Waals surface area contributed by atoms with Crippen LogP contribution < -0.4 is 11.1 Å². The second-order valence-electron chi connectivity index (χ2n) is 2.11. The molecule has 48 valence electrons. The molecule has 0 amide bonds. The molecule has 0 aromatic rings. The van der Waals surface area contributed by atoms with Gasteiger partial charge in [0.15, 0.2) is 0 Å². The highest BCUT2D eigenvalue weighted by Gasteiger charge is 1.97. The summed E-state index contributed by atoms with van der Waals surface area (Å²) in [4.78, 5) is 0. The van der Waals surface area contributed by atoms with Gasteiger partial charge in [-0.05, 0) is 17.7 Å². The van der Waals surface area contributed by atoms with Gasteiger partial charge in [0.1, 0.15) is 0 Å². The molecule has 0 bridgehead atoms. The molecule has 0 fully saturated rings. The van der Waals surface area contributed by atoms with Crippen molar-refractivity contribution >= 4 is 16.9 Å². The summed E-state index contributed by atoms with van der Waals surface area (Å²) in [6, 6.07) is 0. The smallest absolute Gasteiger partial charge is 0.282 e. The predicted molar refractivity (Wildman–Crippen MR) is 38.4 cm³/mol. The maximum Gasteiger partial charge on any atom is 0.299 e. The van der Waals surface area contributed by atoms with Crippen molar-refractivity contribution in [3.05, 3.63) is 0 Å². The summed E-state index contributed by atoms with van der Waals surface area (Å²) < 4.78 is 0. The van der Waals surface area contributed by atoms with E-state index in [1.165, 1.54) is 11.8 Å². The number of thioether (sulfide) groups is 1. The Labute approximate surface area is 54.3 Å². The predicted octanol–water partition coefficient (Wildman–Crippen LogP) is -0.551. The van der Waals surface area contributed by atoms with Crippen molar-refractivity contribution in [1.29, 1.82) is 0 Å². The minimum absolute atomic E-state index is 0.471. The quantitative estimate of drug-likeness (QED) is 0.392. The van der Waals surface area contributed by atoms with E-state index in [0.29, 0.717) is 11.1 Å². The van der Waals surface area contributed by atoms with Gasteiger partial charge in [0.05, 0.1) is 0 Å². The van der Waals surface area contributed by atoms with Gasteiger partial charge < -0.3 is 0 Å². The minimum atomic E-state index is 0.471. The molecule has 2 nitrogen and oxygen atoms in total. The molecule has 0 saturated carbocycles. The van der Waals surface area contributed by atoms with Gasteiger partial charge in [-0.15, -0.1) is 0 Å². The highest BCUT2D eigenvalue weighted by Crippen LogP contribution is 2.03. The SMILES string of the molecule is CC(C)CSC(N)=[NH2+]. The molecule has 0 saturated heterocycles. The van der Waals surface area contributed by atoms with Crippen LogP contribution in [-0.4, -0.2) is 10.9 Å². The standard InChI is InChI=1S/C5H12N2S/c1-4(2)3-8-5(6)7/h4H,3H2,1-2H3,(H3,6,7)/p+1. The lowest BCUT2D eigenvalue weighted by Crippen LogP contribution is -2.43. The van der Waals surface area contributed by atoms with Crippen LogP contribution >= 0.6 is 11.8 Å². The number of rotatable bonds is 2. The summed E-state index contributed by atoms with van der Waals surface area (Å²) in [5, 5.41) is 5.67. The molecule has 0 atom stereocenters. The molecule has 0 aliphatic heterocycles. The molecular weight excluding hydrogens is 120 g/mol. The third-order valence-electron chi connectivity index (χ3n) is 0.583. The summed E-state index contributed by atoms with van der Waals surface area (Å²) in [5.74, 6) is 1.68. The van der Waals surface area contributed by atoms with Gasteiger partial charge in [0.25, 0.3) is 5.17 Å². The van der Waals surface area contributed by atoms with Crippen LogP contribution in [0, 0.1) is 5.92 Å². The second-order valence-corrected chi connectivity index (χ2v) is 3.20. The van der Waals surface area contributed by atoms with E-state index in [-0.39, 0.29) is 0 Å². The van der Waals surface area contributed by atoms with E-state index in [0.717, 1.165) is 5.75 Å². The molecule has 8 heavy (non-hydrogen) atoms. The molecule has 0 heterocycles. The minimum Gasteiger partial charge on any atom is -0.282 e. The molecule has 0 unspecified atom stereocenters. The molecule has 0 spiro atoms. The van der Waals surface area contributed by atoms with E-state index in [9.17, 15) is 0 Å². The normalized spacial score (nSPS) is 9.88. The van der Waals surface area contributed by atoms with Crippen LogP contribution in [0.25, 0.3) is 0 Å². The Kier molecular flexibility index (Phi) is 3.69. The Hall–Kier alpha value is -0.180. The Balaban J connectivity index is 3.05. The van der Waals surface area contributed by atoms with Gasteiger partial charge >= 0.3 is 0 Å². The van der Waals surface area contributed by atoms with Crippen molar-refractivity contribution in [3.63, 3.8) is 0 Å². The van der Waals surface area contributed by atoms with Gasteiger partial charge in [0.2, 0.25) is 0 Å². The van der Waals surface area contributed by atoms with E-state index < -0.39 is 0 Å². The van der Waals surface area contributed by atoms with Gasteiger partial charge in [-0.1, -0.05) is 13.8 Å². The van der Waals surface area contributed by atoms with E-state index in [1.807, 2.05) is 0 Å². The molecule has 0 aliphatic rings. The third kappa shape index (κ3) is 5.82. The summed E-state index contributed by atoms with van der Waals surface area (Å²) in [7, 11) is 0. The van der Waals surface area contributed by atoms with Crippen molar-refractivity contribution in [2.75, 3.05) is 5.75 Å². The zero-order valence-electron chi connectivity index (χ0n) is 5.35. The zero-order valence-corrected chi connectivity index (χ0v) is 6.16. The molecule has 0 aromatic carbocycles. The largest absolute Gasteiger partial charge is 0.299 e. The van der Waals surface area contributed by atoms with Crippen LogP contribution in [0.4, 0.5) is 0 Å². The van der Waals surface area contributed by atoms with Crippen LogP contribution in [0.2, 0.25) is 0 Å². The Bertz CT molecular complexity index is 80.5. The van der Waals surface area contributed by atoms with Gasteiger partial charge in [-0.25, -0.2) is 0 Å². The first-order valence-corrected chi connectivity index (χ1v) is 3.62. The first-order chi connectivity index (χ1) is 3.63. The Morgan fingerprint density at radius 1 is 1.75 bits per heavy atom. The fourth-order valence-electron chi connectivity index (χ4n) is 0.263. The van der Waals surface area contributed by atoms with Crippen molar-refractivity contribution in [2.45, 2.75) is 13.8 Å². The fourth-order valence-corrected chi connectivity index (χ4v) is 0.789. The lowest BCUT2D eigenvalue weighted by atomic mass is 10.3. The summed E-state index contributed by atoms with van der Waals surface area (Å²) >= 11 is 1.51. The zero-order chi connectivity index (χ0) is 6.57. The maximum atomic E-state index is 5.20. The van der Waals surface area contributed by atoms with Crippen molar-refractivity contribution < 1.29 is 5.41 Å². The van der Waals surface area contributed by atoms with Crippen molar-refractivity contribution in [3.8, 4) is 0 Å². The average Bonchev–Trinajstić information content (AvgIpc) is 1.61. The number of amidine groups is 1. The Morgan fingerprint density at radius 3 is 2.38 bits per heavy atom. The molecule has 0 aromatic heterocycles. The average molecular weight is 133 g/mol. The van der Waals surface area contributed by atoms with Crippen molar-refractivity contribution in [1.82, 2.24) is 0 Å². The van der Waals surface area contributed by atoms with E-state index in [2.05, 4.69) is 13.8 Å². The molecule has 3 heteroatoms. The van der Waals surface area contributed by atoms with Crippen LogP contribution in [0.5, 0.6) is 0 Å². The van der Waals surface area contributed by atoms with Crippen LogP contribution in [0.3, 0.4) is 0 Å².